The van der Waals surface area contributed by atoms with Gasteiger partial charge in [0.1, 0.15) is 19.3 Å². The summed E-state index contributed by atoms with van der Waals surface area (Å²) in [7, 11) is -9.89. The molecule has 0 saturated carbocycles. The summed E-state index contributed by atoms with van der Waals surface area (Å²) in [4.78, 5) is 72.3. The number of unbranched alkanes of at least 4 members (excludes halogenated alkanes) is 29. The number of hydrogen-bond acceptors (Lipinski definition) is 15. The van der Waals surface area contributed by atoms with Gasteiger partial charge in [0.05, 0.1) is 26.4 Å². The highest BCUT2D eigenvalue weighted by atomic mass is 31.2. The van der Waals surface area contributed by atoms with E-state index in [-0.39, 0.29) is 25.7 Å². The first kappa shape index (κ1) is 84.1. The summed E-state index contributed by atoms with van der Waals surface area (Å²) in [6, 6.07) is 0. The predicted molar refractivity (Wildman–Crippen MR) is 344 cm³/mol. The molecule has 17 nitrogen and oxygen atoms in total. The van der Waals surface area contributed by atoms with E-state index in [9.17, 15) is 43.2 Å². The fourth-order valence-electron chi connectivity index (χ4n) is 9.93. The van der Waals surface area contributed by atoms with E-state index in [1.165, 1.54) is 122 Å². The molecule has 0 aromatic heterocycles. The number of hydrogen-bond donors (Lipinski definition) is 3. The summed E-state index contributed by atoms with van der Waals surface area (Å²) < 4.78 is 68.1. The van der Waals surface area contributed by atoms with Crippen molar-refractivity contribution in [3.63, 3.8) is 0 Å². The lowest BCUT2D eigenvalue weighted by Crippen LogP contribution is -2.30. The van der Waals surface area contributed by atoms with Crippen molar-refractivity contribution >= 4 is 39.5 Å². The van der Waals surface area contributed by atoms with Gasteiger partial charge in [0.2, 0.25) is 0 Å². The lowest BCUT2D eigenvalue weighted by molar-refractivity contribution is -0.161. The first-order chi connectivity index (χ1) is 41.1. The smallest absolute Gasteiger partial charge is 0.462 e. The molecular formula is C67H130O17P2. The molecule has 0 bridgehead atoms. The molecule has 19 heteroatoms. The van der Waals surface area contributed by atoms with Crippen molar-refractivity contribution in [2.75, 3.05) is 39.6 Å². The van der Waals surface area contributed by atoms with Crippen LogP contribution in [0.15, 0.2) is 0 Å². The van der Waals surface area contributed by atoms with Crippen molar-refractivity contribution in [1.29, 1.82) is 0 Å². The molecule has 0 aliphatic rings. The van der Waals surface area contributed by atoms with E-state index in [1.807, 2.05) is 0 Å². The summed E-state index contributed by atoms with van der Waals surface area (Å²) >= 11 is 0. The van der Waals surface area contributed by atoms with E-state index in [4.69, 9.17) is 37.0 Å². The van der Waals surface area contributed by atoms with Crippen LogP contribution in [0.3, 0.4) is 0 Å². The van der Waals surface area contributed by atoms with Crippen LogP contribution < -0.4 is 0 Å². The topological polar surface area (TPSA) is 237 Å². The molecular weight excluding hydrogens is 1140 g/mol. The minimum absolute atomic E-state index is 0.101. The number of carbonyl (C=O) groups excluding carboxylic acids is 4. The van der Waals surface area contributed by atoms with Gasteiger partial charge in [-0.2, -0.15) is 0 Å². The van der Waals surface area contributed by atoms with Gasteiger partial charge in [0.15, 0.2) is 12.2 Å². The van der Waals surface area contributed by atoms with Gasteiger partial charge in [-0.25, -0.2) is 9.13 Å². The summed E-state index contributed by atoms with van der Waals surface area (Å²) in [5.74, 6) is 0.770. The van der Waals surface area contributed by atoms with Crippen molar-refractivity contribution in [3.05, 3.63) is 0 Å². The lowest BCUT2D eigenvalue weighted by atomic mass is 10.00. The number of phosphoric ester groups is 2. The van der Waals surface area contributed by atoms with Crippen LogP contribution in [0.5, 0.6) is 0 Å². The standard InChI is InChI=1S/C67H130O17P2/c1-9-60(8)46-38-30-24-26-32-40-48-65(70)78-54-63(84-67(72)50-42-34-25-23-29-37-45-59(6)7)56-82-86(75,76)80-52-61(68)51-79-85(73,74)81-55-62(83-66(71)49-41-33-22-18-17-20-28-36-44-58(4)5)53-77-64(69)47-39-31-21-16-14-12-10-11-13-15-19-27-35-43-57(2)3/h57-63,68H,9-56H2,1-8H3,(H,73,74)(H,75,76)/t60?,61-,62-,63-/m1/s1. The van der Waals surface area contributed by atoms with E-state index < -0.39 is 97.5 Å². The highest BCUT2D eigenvalue weighted by Crippen LogP contribution is 2.45. The molecule has 3 unspecified atom stereocenters. The SMILES string of the molecule is CCC(C)CCCCCCCCC(=O)OC[C@H](COP(=O)(O)OC[C@H](O)COP(=O)(O)OC[C@@H](COC(=O)CCCCCCCCCCCCCCCC(C)C)OC(=O)CCCCCCCCCCC(C)C)OC(=O)CCCCCCCCC(C)C. The molecule has 0 amide bonds. The molecule has 0 aromatic carbocycles. The van der Waals surface area contributed by atoms with Crippen LogP contribution in [0.1, 0.15) is 325 Å². The minimum atomic E-state index is -4.95. The lowest BCUT2D eigenvalue weighted by Gasteiger charge is -2.21. The van der Waals surface area contributed by atoms with Gasteiger partial charge in [0, 0.05) is 25.7 Å². The van der Waals surface area contributed by atoms with Crippen molar-refractivity contribution in [2.24, 2.45) is 23.7 Å². The number of aliphatic hydroxyl groups excluding tert-OH is 1. The second-order valence-electron chi connectivity index (χ2n) is 25.9. The molecule has 0 radical (unpaired) electrons. The Labute approximate surface area is 524 Å². The van der Waals surface area contributed by atoms with Gasteiger partial charge in [0.25, 0.3) is 0 Å². The Morgan fingerprint density at radius 3 is 0.826 bits per heavy atom. The third kappa shape index (κ3) is 59.7. The quantitative estimate of drug-likeness (QED) is 0.0222. The second kappa shape index (κ2) is 57.0. The van der Waals surface area contributed by atoms with Gasteiger partial charge < -0.3 is 33.8 Å². The Morgan fingerprint density at radius 1 is 0.326 bits per heavy atom. The van der Waals surface area contributed by atoms with Crippen LogP contribution in [0.4, 0.5) is 0 Å². The van der Waals surface area contributed by atoms with Crippen LogP contribution in [0.2, 0.25) is 0 Å². The van der Waals surface area contributed by atoms with Crippen LogP contribution >= 0.6 is 15.6 Å². The van der Waals surface area contributed by atoms with Crippen LogP contribution in [-0.2, 0) is 65.4 Å². The van der Waals surface area contributed by atoms with Crippen molar-refractivity contribution in [3.8, 4) is 0 Å². The Hall–Kier alpha value is -1.94. The Morgan fingerprint density at radius 2 is 0.558 bits per heavy atom. The summed E-state index contributed by atoms with van der Waals surface area (Å²) in [6.45, 7) is 14.0. The normalized spacial score (nSPS) is 14.7. The maximum Gasteiger partial charge on any atom is 0.472 e. The number of rotatable bonds is 64. The number of aliphatic hydroxyl groups is 1. The fraction of sp³-hybridized carbons (Fsp3) is 0.940. The molecule has 0 aliphatic heterocycles. The summed E-state index contributed by atoms with van der Waals surface area (Å²) in [5, 5.41) is 10.5. The molecule has 0 rings (SSSR count). The zero-order chi connectivity index (χ0) is 63.9. The highest BCUT2D eigenvalue weighted by Gasteiger charge is 2.30. The molecule has 0 fully saturated rings. The van der Waals surface area contributed by atoms with Crippen LogP contribution in [-0.4, -0.2) is 96.7 Å². The molecule has 0 aromatic rings. The Kier molecular flexibility index (Phi) is 55.7. The van der Waals surface area contributed by atoms with E-state index in [0.717, 1.165) is 114 Å². The predicted octanol–water partition coefficient (Wildman–Crippen LogP) is 18.5. The van der Waals surface area contributed by atoms with Crippen LogP contribution in [0, 0.1) is 23.7 Å². The highest BCUT2D eigenvalue weighted by molar-refractivity contribution is 7.47. The van der Waals surface area contributed by atoms with E-state index in [1.54, 1.807) is 0 Å². The van der Waals surface area contributed by atoms with E-state index in [2.05, 4.69) is 55.4 Å². The number of phosphoric acid groups is 2. The van der Waals surface area contributed by atoms with Gasteiger partial charge in [-0.15, -0.1) is 0 Å². The van der Waals surface area contributed by atoms with Gasteiger partial charge >= 0.3 is 39.5 Å². The maximum atomic E-state index is 13.0. The van der Waals surface area contributed by atoms with Gasteiger partial charge in [-0.05, 0) is 49.4 Å². The number of carbonyl (C=O) groups is 4. The average molecular weight is 1270 g/mol. The molecule has 0 saturated heterocycles. The minimum Gasteiger partial charge on any atom is -0.462 e. The zero-order valence-corrected chi connectivity index (χ0v) is 57.7. The third-order valence-corrected chi connectivity index (χ3v) is 17.6. The monoisotopic (exact) mass is 1270 g/mol. The molecule has 3 N–H and O–H groups in total. The van der Waals surface area contributed by atoms with Crippen molar-refractivity contribution < 1.29 is 80.2 Å². The maximum absolute atomic E-state index is 13.0. The van der Waals surface area contributed by atoms with Crippen molar-refractivity contribution in [1.82, 2.24) is 0 Å². The van der Waals surface area contributed by atoms with E-state index in [0.29, 0.717) is 31.6 Å². The molecule has 510 valence electrons. The molecule has 0 heterocycles. The molecule has 6 atom stereocenters. The Balaban J connectivity index is 5.21. The third-order valence-electron chi connectivity index (χ3n) is 15.7. The first-order valence-electron chi connectivity index (χ1n) is 34.7. The summed E-state index contributed by atoms with van der Waals surface area (Å²) in [6.07, 6.45) is 37.8. The number of ether oxygens (including phenoxy) is 4. The van der Waals surface area contributed by atoms with Crippen LogP contribution in [0.25, 0.3) is 0 Å². The van der Waals surface area contributed by atoms with E-state index >= 15 is 0 Å². The fourth-order valence-corrected chi connectivity index (χ4v) is 11.5. The second-order valence-corrected chi connectivity index (χ2v) is 28.8. The molecule has 0 aliphatic carbocycles. The van der Waals surface area contributed by atoms with Gasteiger partial charge in [-0.3, -0.25) is 37.3 Å². The average Bonchev–Trinajstić information content (AvgIpc) is 3.50. The first-order valence-corrected chi connectivity index (χ1v) is 37.7. The zero-order valence-electron chi connectivity index (χ0n) is 55.9. The van der Waals surface area contributed by atoms with Crippen molar-refractivity contribution in [2.45, 2.75) is 343 Å². The molecule has 86 heavy (non-hydrogen) atoms. The summed E-state index contributed by atoms with van der Waals surface area (Å²) in [5.41, 5.74) is 0. The Bertz CT molecular complexity index is 1720. The molecule has 0 spiro atoms. The largest absolute Gasteiger partial charge is 0.472 e. The number of esters is 4. The van der Waals surface area contributed by atoms with Gasteiger partial charge in [-0.1, -0.05) is 274 Å².